The minimum Gasteiger partial charge on any atom is -1.00 e. The fraction of sp³-hybridized carbons (Fsp3) is 0.286. The molecule has 0 bridgehead atoms. The highest BCUT2D eigenvalue weighted by atomic mass is 35.5. The number of aryl methyl sites for hydroxylation is 1. The van der Waals surface area contributed by atoms with E-state index in [-0.39, 0.29) is 17.6 Å². The fourth-order valence-electron chi connectivity index (χ4n) is 0.713. The van der Waals surface area contributed by atoms with Crippen LogP contribution in [-0.2, 0) is 6.18 Å². The predicted octanol–water partition coefficient (Wildman–Crippen LogP) is 0.0662. The van der Waals surface area contributed by atoms with E-state index in [1.54, 1.807) is 0 Å². The molecule has 0 radical (unpaired) electrons. The summed E-state index contributed by atoms with van der Waals surface area (Å²) in [5.41, 5.74) is -0.448. The summed E-state index contributed by atoms with van der Waals surface area (Å²) in [6.07, 6.45) is -3.63. The Labute approximate surface area is 84.3 Å². The molecule has 0 unspecified atom stereocenters. The van der Waals surface area contributed by atoms with Gasteiger partial charge in [0.25, 0.3) is 0 Å². The Bertz CT molecular complexity index is 298. The van der Waals surface area contributed by atoms with Crippen molar-refractivity contribution in [3.8, 4) is 0 Å². The van der Waals surface area contributed by atoms with Crippen LogP contribution < -0.4 is 12.4 Å². The molecular formula is C7H5Cl2F3N-. The lowest BCUT2D eigenvalue weighted by atomic mass is 10.2. The second-order valence-electron chi connectivity index (χ2n) is 2.33. The van der Waals surface area contributed by atoms with Gasteiger partial charge in [-0.2, -0.15) is 13.2 Å². The quantitative estimate of drug-likeness (QED) is 0.575. The van der Waals surface area contributed by atoms with Gasteiger partial charge in [0.15, 0.2) is 0 Å². The van der Waals surface area contributed by atoms with Crippen molar-refractivity contribution in [3.05, 3.63) is 28.5 Å². The van der Waals surface area contributed by atoms with E-state index < -0.39 is 11.7 Å². The number of pyridine rings is 1. The zero-order valence-electron chi connectivity index (χ0n) is 6.49. The number of halogens is 5. The monoisotopic (exact) mass is 230 g/mol. The van der Waals surface area contributed by atoms with Crippen LogP contribution in [0.15, 0.2) is 12.3 Å². The van der Waals surface area contributed by atoms with E-state index >= 15 is 0 Å². The van der Waals surface area contributed by atoms with E-state index in [1.807, 2.05) is 0 Å². The van der Waals surface area contributed by atoms with Gasteiger partial charge in [0, 0.05) is 6.20 Å². The van der Waals surface area contributed by atoms with E-state index in [0.717, 1.165) is 12.3 Å². The number of nitrogens with zero attached hydrogens (tertiary/aromatic N) is 1. The molecule has 0 aliphatic heterocycles. The molecule has 13 heavy (non-hydrogen) atoms. The maximum absolute atomic E-state index is 12.0. The largest absolute Gasteiger partial charge is 1.00 e. The molecule has 1 aromatic heterocycles. The van der Waals surface area contributed by atoms with Crippen molar-refractivity contribution in [2.45, 2.75) is 13.1 Å². The smallest absolute Gasteiger partial charge is 0.417 e. The van der Waals surface area contributed by atoms with Crippen LogP contribution in [0, 0.1) is 6.92 Å². The Balaban J connectivity index is 0.00000144. The van der Waals surface area contributed by atoms with Gasteiger partial charge in [-0.1, -0.05) is 11.6 Å². The Kier molecular flexibility index (Phi) is 4.00. The summed E-state index contributed by atoms with van der Waals surface area (Å²) < 4.78 is 36.0. The number of alkyl halides is 3. The Morgan fingerprint density at radius 3 is 2.31 bits per heavy atom. The van der Waals surface area contributed by atoms with Crippen LogP contribution in [0.5, 0.6) is 0 Å². The van der Waals surface area contributed by atoms with Gasteiger partial charge in [0.1, 0.15) is 5.15 Å². The molecule has 1 heterocycles. The average Bonchev–Trinajstić information content (AvgIpc) is 1.92. The normalized spacial score (nSPS) is 10.8. The molecule has 0 saturated carbocycles. The first-order valence-electron chi connectivity index (χ1n) is 3.10. The summed E-state index contributed by atoms with van der Waals surface area (Å²) in [5, 5.41) is 0.100. The molecule has 0 N–H and O–H groups in total. The van der Waals surface area contributed by atoms with Crippen molar-refractivity contribution >= 4 is 11.6 Å². The molecular weight excluding hydrogens is 226 g/mol. The van der Waals surface area contributed by atoms with E-state index in [4.69, 9.17) is 11.6 Å². The minimum absolute atomic E-state index is 0. The summed E-state index contributed by atoms with van der Waals surface area (Å²) >= 11 is 5.45. The van der Waals surface area contributed by atoms with Crippen LogP contribution >= 0.6 is 11.6 Å². The number of hydrogen-bond donors (Lipinski definition) is 0. The van der Waals surface area contributed by atoms with E-state index in [9.17, 15) is 13.2 Å². The van der Waals surface area contributed by atoms with E-state index in [0.29, 0.717) is 5.56 Å². The molecule has 0 saturated heterocycles. The van der Waals surface area contributed by atoms with Gasteiger partial charge in [-0.05, 0) is 18.6 Å². The van der Waals surface area contributed by atoms with Crippen molar-refractivity contribution in [2.75, 3.05) is 0 Å². The third-order valence-electron chi connectivity index (χ3n) is 1.34. The first-order chi connectivity index (χ1) is 5.41. The van der Waals surface area contributed by atoms with Crippen LogP contribution in [0.25, 0.3) is 0 Å². The van der Waals surface area contributed by atoms with E-state index in [1.165, 1.54) is 6.92 Å². The van der Waals surface area contributed by atoms with Crippen LogP contribution in [0.1, 0.15) is 11.1 Å². The molecule has 0 atom stereocenters. The van der Waals surface area contributed by atoms with Gasteiger partial charge in [0.05, 0.1) is 5.56 Å². The lowest BCUT2D eigenvalue weighted by Gasteiger charge is -2.06. The lowest BCUT2D eigenvalue weighted by molar-refractivity contribution is -0.137. The molecule has 0 aromatic carbocycles. The Hall–Kier alpha value is -0.480. The summed E-state index contributed by atoms with van der Waals surface area (Å²) in [7, 11) is 0. The second-order valence-corrected chi connectivity index (χ2v) is 2.69. The summed E-state index contributed by atoms with van der Waals surface area (Å²) in [5.74, 6) is 0. The number of aromatic nitrogens is 1. The molecule has 0 aliphatic carbocycles. The maximum Gasteiger partial charge on any atom is 0.417 e. The summed E-state index contributed by atoms with van der Waals surface area (Å²) in [4.78, 5) is 3.39. The first kappa shape index (κ1) is 12.5. The molecule has 74 valence electrons. The summed E-state index contributed by atoms with van der Waals surface area (Å²) in [6.45, 7) is 1.48. The fourth-order valence-corrected chi connectivity index (χ4v) is 0.816. The number of hydrogen-bond acceptors (Lipinski definition) is 1. The lowest BCUT2D eigenvalue weighted by Crippen LogP contribution is -3.00. The minimum atomic E-state index is -4.34. The van der Waals surface area contributed by atoms with Gasteiger partial charge < -0.3 is 12.4 Å². The molecule has 0 aliphatic rings. The van der Waals surface area contributed by atoms with Crippen molar-refractivity contribution in [3.63, 3.8) is 0 Å². The summed E-state index contributed by atoms with van der Waals surface area (Å²) in [6, 6.07) is 0.968. The molecule has 0 amide bonds. The second kappa shape index (κ2) is 4.15. The SMILES string of the molecule is Cc1cc(C(F)(F)F)cnc1Cl.[Cl-]. The first-order valence-corrected chi connectivity index (χ1v) is 3.48. The average molecular weight is 231 g/mol. The maximum atomic E-state index is 12.0. The highest BCUT2D eigenvalue weighted by molar-refractivity contribution is 6.30. The third-order valence-corrected chi connectivity index (χ3v) is 1.74. The zero-order chi connectivity index (χ0) is 9.35. The predicted molar refractivity (Wildman–Crippen MR) is 39.0 cm³/mol. The molecule has 1 rings (SSSR count). The molecule has 6 heteroatoms. The van der Waals surface area contributed by atoms with Gasteiger partial charge in [0.2, 0.25) is 0 Å². The molecule has 1 aromatic rings. The highest BCUT2D eigenvalue weighted by Gasteiger charge is 2.31. The van der Waals surface area contributed by atoms with E-state index in [2.05, 4.69) is 4.98 Å². The van der Waals surface area contributed by atoms with Crippen LogP contribution in [-0.4, -0.2) is 4.98 Å². The van der Waals surface area contributed by atoms with Crippen molar-refractivity contribution in [2.24, 2.45) is 0 Å². The van der Waals surface area contributed by atoms with Crippen molar-refractivity contribution in [1.29, 1.82) is 0 Å². The third kappa shape index (κ3) is 3.04. The number of rotatable bonds is 0. The zero-order valence-corrected chi connectivity index (χ0v) is 8.00. The van der Waals surface area contributed by atoms with Gasteiger partial charge >= 0.3 is 6.18 Å². The molecule has 0 fully saturated rings. The Morgan fingerprint density at radius 1 is 1.38 bits per heavy atom. The van der Waals surface area contributed by atoms with Gasteiger partial charge in [-0.3, -0.25) is 0 Å². The van der Waals surface area contributed by atoms with Crippen LogP contribution in [0.3, 0.4) is 0 Å². The van der Waals surface area contributed by atoms with Crippen LogP contribution in [0.4, 0.5) is 13.2 Å². The van der Waals surface area contributed by atoms with Gasteiger partial charge in [-0.15, -0.1) is 0 Å². The molecule has 1 nitrogen and oxygen atoms in total. The highest BCUT2D eigenvalue weighted by Crippen LogP contribution is 2.30. The van der Waals surface area contributed by atoms with Crippen molar-refractivity contribution in [1.82, 2.24) is 4.98 Å². The van der Waals surface area contributed by atoms with Crippen molar-refractivity contribution < 1.29 is 25.6 Å². The van der Waals surface area contributed by atoms with Gasteiger partial charge in [-0.25, -0.2) is 4.98 Å². The molecule has 0 spiro atoms. The standard InChI is InChI=1S/C7H5ClF3N.ClH/c1-4-2-5(7(9,10)11)3-12-6(4)8;/h2-3H,1H3;1H/p-1. The Morgan fingerprint density at radius 2 is 1.92 bits per heavy atom. The van der Waals surface area contributed by atoms with Crippen LogP contribution in [0.2, 0.25) is 5.15 Å². The topological polar surface area (TPSA) is 12.9 Å².